The van der Waals surface area contributed by atoms with Crippen molar-refractivity contribution >= 4 is 17.8 Å². The van der Waals surface area contributed by atoms with Gasteiger partial charge in [0.15, 0.2) is 5.96 Å². The van der Waals surface area contributed by atoms with Crippen LogP contribution in [-0.2, 0) is 24.1 Å². The molecular weight excluding hydrogens is 472 g/mol. The third-order valence-corrected chi connectivity index (χ3v) is 8.36. The molecule has 204 valence electrons. The van der Waals surface area contributed by atoms with Gasteiger partial charge in [0, 0.05) is 12.0 Å². The van der Waals surface area contributed by atoms with Gasteiger partial charge in [0.25, 0.3) is 5.91 Å². The van der Waals surface area contributed by atoms with E-state index in [1.165, 1.54) is 34.2 Å². The quantitative estimate of drug-likeness (QED) is 0.334. The summed E-state index contributed by atoms with van der Waals surface area (Å²) in [7, 11) is 0. The van der Waals surface area contributed by atoms with E-state index in [-0.39, 0.29) is 35.3 Å². The highest BCUT2D eigenvalue weighted by Gasteiger charge is 2.26. The molecule has 4 rings (SSSR count). The third-order valence-electron chi connectivity index (χ3n) is 8.36. The number of amides is 2. The van der Waals surface area contributed by atoms with Crippen LogP contribution in [0.3, 0.4) is 0 Å². The van der Waals surface area contributed by atoms with Gasteiger partial charge in [-0.05, 0) is 97.2 Å². The Morgan fingerprint density at radius 2 is 1.95 bits per heavy atom. The first kappa shape index (κ1) is 27.9. The number of aryl methyl sites for hydroxylation is 4. The zero-order valence-corrected chi connectivity index (χ0v) is 23.5. The van der Waals surface area contributed by atoms with E-state index in [4.69, 9.17) is 5.73 Å². The van der Waals surface area contributed by atoms with Crippen molar-refractivity contribution in [3.63, 3.8) is 0 Å². The van der Waals surface area contributed by atoms with E-state index in [1.54, 1.807) is 0 Å². The maximum Gasteiger partial charge on any atom is 0.251 e. The van der Waals surface area contributed by atoms with Crippen LogP contribution in [0, 0.1) is 12.3 Å². The zero-order valence-electron chi connectivity index (χ0n) is 23.5. The number of benzene rings is 2. The van der Waals surface area contributed by atoms with Crippen molar-refractivity contribution < 1.29 is 9.59 Å². The predicted molar refractivity (Wildman–Crippen MR) is 154 cm³/mol. The highest BCUT2D eigenvalue weighted by Crippen LogP contribution is 2.35. The van der Waals surface area contributed by atoms with Crippen LogP contribution in [0.25, 0.3) is 0 Å². The molecular formula is C32H44N4O2. The van der Waals surface area contributed by atoms with Crippen molar-refractivity contribution in [2.45, 2.75) is 104 Å². The summed E-state index contributed by atoms with van der Waals surface area (Å²) >= 11 is 0. The Labute approximate surface area is 227 Å². The van der Waals surface area contributed by atoms with Gasteiger partial charge in [0.05, 0.1) is 12.1 Å². The van der Waals surface area contributed by atoms with Gasteiger partial charge in [0.2, 0.25) is 5.91 Å². The Balaban J connectivity index is 1.45. The van der Waals surface area contributed by atoms with E-state index in [0.29, 0.717) is 6.42 Å². The molecule has 0 saturated carbocycles. The van der Waals surface area contributed by atoms with Crippen LogP contribution in [0.1, 0.15) is 110 Å². The van der Waals surface area contributed by atoms with E-state index in [9.17, 15) is 9.59 Å². The molecule has 4 N–H and O–H groups in total. The highest BCUT2D eigenvalue weighted by atomic mass is 16.2. The Kier molecular flexibility index (Phi) is 8.91. The number of nitrogens with two attached hydrogens (primary N) is 1. The second-order valence-corrected chi connectivity index (χ2v) is 11.9. The molecule has 0 spiro atoms. The lowest BCUT2D eigenvalue weighted by Crippen LogP contribution is -2.43. The normalized spacial score (nSPS) is 17.9. The van der Waals surface area contributed by atoms with Crippen LogP contribution in [0.2, 0.25) is 0 Å². The second-order valence-electron chi connectivity index (χ2n) is 11.9. The van der Waals surface area contributed by atoms with Gasteiger partial charge in [-0.3, -0.25) is 14.9 Å². The Morgan fingerprint density at radius 3 is 2.71 bits per heavy atom. The summed E-state index contributed by atoms with van der Waals surface area (Å²) < 4.78 is 0. The van der Waals surface area contributed by atoms with Gasteiger partial charge in [-0.2, -0.15) is 0 Å². The molecule has 2 aromatic carbocycles. The molecule has 1 heterocycles. The molecule has 0 aromatic heterocycles. The minimum Gasteiger partial charge on any atom is -0.370 e. The van der Waals surface area contributed by atoms with Crippen molar-refractivity contribution in [3.05, 3.63) is 69.8 Å². The maximum atomic E-state index is 13.4. The first-order chi connectivity index (χ1) is 18.1. The molecule has 0 radical (unpaired) electrons. The van der Waals surface area contributed by atoms with Crippen molar-refractivity contribution in [3.8, 4) is 0 Å². The number of hydrogen-bond acceptors (Lipinski definition) is 4. The summed E-state index contributed by atoms with van der Waals surface area (Å²) in [4.78, 5) is 29.5. The number of aliphatic imine (C=N–C) groups is 1. The predicted octanol–water partition coefficient (Wildman–Crippen LogP) is 5.70. The summed E-state index contributed by atoms with van der Waals surface area (Å²) in [6, 6.07) is 12.8. The van der Waals surface area contributed by atoms with E-state index >= 15 is 0 Å². The second kappa shape index (κ2) is 12.1. The molecule has 0 bridgehead atoms. The van der Waals surface area contributed by atoms with Gasteiger partial charge < -0.3 is 11.1 Å². The van der Waals surface area contributed by atoms with E-state index < -0.39 is 0 Å². The summed E-state index contributed by atoms with van der Waals surface area (Å²) in [5.74, 6) is 0.198. The number of hydrogen-bond donors (Lipinski definition) is 3. The topological polar surface area (TPSA) is 96.6 Å². The minimum atomic E-state index is -0.0521. The third kappa shape index (κ3) is 7.24. The number of fused-ring (bicyclic) bond motifs is 1. The fourth-order valence-electron chi connectivity index (χ4n) is 5.67. The molecule has 2 aliphatic rings. The number of nitrogens with one attached hydrogen (secondary N) is 2. The molecule has 1 aliphatic heterocycles. The van der Waals surface area contributed by atoms with Crippen LogP contribution < -0.4 is 16.4 Å². The lowest BCUT2D eigenvalue weighted by molar-refractivity contribution is -0.120. The van der Waals surface area contributed by atoms with Crippen molar-refractivity contribution in [2.75, 3.05) is 0 Å². The molecule has 6 nitrogen and oxygen atoms in total. The van der Waals surface area contributed by atoms with Gasteiger partial charge in [-0.1, -0.05) is 57.9 Å². The molecule has 6 heteroatoms. The first-order valence-corrected chi connectivity index (χ1v) is 14.3. The average Bonchev–Trinajstić information content (AvgIpc) is 3.34. The zero-order chi connectivity index (χ0) is 27.3. The van der Waals surface area contributed by atoms with Crippen molar-refractivity contribution in [1.82, 2.24) is 10.6 Å². The van der Waals surface area contributed by atoms with Crippen molar-refractivity contribution in [1.29, 1.82) is 0 Å². The largest absolute Gasteiger partial charge is 0.370 e. The summed E-state index contributed by atoms with van der Waals surface area (Å²) in [6.07, 6.45) is 9.51. The van der Waals surface area contributed by atoms with Gasteiger partial charge >= 0.3 is 0 Å². The van der Waals surface area contributed by atoms with Gasteiger partial charge in [-0.15, -0.1) is 0 Å². The van der Waals surface area contributed by atoms with Crippen LogP contribution >= 0.6 is 0 Å². The lowest BCUT2D eigenvalue weighted by atomic mass is 9.80. The van der Waals surface area contributed by atoms with Gasteiger partial charge in [0.1, 0.15) is 0 Å². The number of unbranched alkanes of at least 4 members (excludes halogenated alkanes) is 1. The smallest absolute Gasteiger partial charge is 0.251 e. The van der Waals surface area contributed by atoms with E-state index in [0.717, 1.165) is 56.9 Å². The maximum absolute atomic E-state index is 13.4. The van der Waals surface area contributed by atoms with Crippen LogP contribution in [0.15, 0.2) is 41.4 Å². The first-order valence-electron chi connectivity index (χ1n) is 14.3. The van der Waals surface area contributed by atoms with Gasteiger partial charge in [-0.25, -0.2) is 4.99 Å². The molecule has 0 saturated heterocycles. The fourth-order valence-corrected chi connectivity index (χ4v) is 5.67. The van der Waals surface area contributed by atoms with Crippen LogP contribution in [0.5, 0.6) is 0 Å². The summed E-state index contributed by atoms with van der Waals surface area (Å²) in [5, 5.41) is 5.98. The van der Waals surface area contributed by atoms with Crippen LogP contribution in [0.4, 0.5) is 0 Å². The fraction of sp³-hybridized carbons (Fsp3) is 0.531. The minimum absolute atomic E-state index is 0.0118. The molecule has 1 aliphatic carbocycles. The number of rotatable bonds is 11. The highest BCUT2D eigenvalue weighted by molar-refractivity contribution is 5.98. The molecule has 2 unspecified atom stereocenters. The van der Waals surface area contributed by atoms with Crippen molar-refractivity contribution in [2.24, 2.45) is 16.1 Å². The van der Waals surface area contributed by atoms with E-state index in [2.05, 4.69) is 73.7 Å². The Morgan fingerprint density at radius 1 is 1.16 bits per heavy atom. The molecule has 2 aromatic rings. The number of nitrogens with zero attached hydrogens (tertiary/aromatic N) is 1. The number of carbonyl (C=O) groups is 2. The van der Waals surface area contributed by atoms with Crippen LogP contribution in [-0.4, -0.2) is 23.8 Å². The molecule has 2 atom stereocenters. The summed E-state index contributed by atoms with van der Waals surface area (Å²) in [5.41, 5.74) is 13.0. The standard InChI is InChI=1S/C32H44N4O2/c1-5-32(3,4)20-28(35-30(38)25-16-15-23-10-8-11-24(23)18-25)27-17-22(14-13-21(27)2)9-6-7-12-26-19-29(37)36-31(33)34-26/h13-18,26,28H,5-12,19-20H2,1-4H3,(H,35,38)(H3,33,34,36,37). The number of guanidine groups is 1. The van der Waals surface area contributed by atoms with E-state index in [1.807, 2.05) is 6.07 Å². The SMILES string of the molecule is CCC(C)(C)CC(NC(=O)c1ccc2c(c1)CCC2)c1cc(CCCCC2CC(=O)NC(N)=N2)ccc1C. The Bertz CT molecular complexity index is 1200. The average molecular weight is 517 g/mol. The Hall–Kier alpha value is -3.15. The summed E-state index contributed by atoms with van der Waals surface area (Å²) in [6.45, 7) is 8.92. The molecule has 2 amide bonds. The lowest BCUT2D eigenvalue weighted by Gasteiger charge is -2.31. The molecule has 0 fully saturated rings. The monoisotopic (exact) mass is 516 g/mol. The number of carbonyl (C=O) groups excluding carboxylic acids is 2. The molecule has 38 heavy (non-hydrogen) atoms.